The Bertz CT molecular complexity index is 1020. The highest BCUT2D eigenvalue weighted by Gasteiger charge is 2.07. The standard InChI is InChI=1S/C23H20ClFN2O3/c1-2-29-22-13-17(14-26-27-23(28)18-6-8-19(24)9-7-18)5-12-21(22)30-15-16-3-10-20(25)11-4-16/h3-14H,2,15H2,1H3,(H,27,28)/b26-14-. The Hall–Kier alpha value is -3.38. The summed E-state index contributed by atoms with van der Waals surface area (Å²) in [5, 5.41) is 4.54. The molecule has 0 heterocycles. The average Bonchev–Trinajstić information content (AvgIpc) is 2.75. The second kappa shape index (κ2) is 10.4. The Balaban J connectivity index is 1.64. The van der Waals surface area contributed by atoms with Gasteiger partial charge in [-0.05, 0) is 72.6 Å². The molecule has 0 aromatic heterocycles. The minimum absolute atomic E-state index is 0.283. The fourth-order valence-electron chi connectivity index (χ4n) is 2.57. The third-order valence-corrected chi connectivity index (χ3v) is 4.31. The summed E-state index contributed by atoms with van der Waals surface area (Å²) < 4.78 is 24.5. The van der Waals surface area contributed by atoms with Crippen LogP contribution in [0.5, 0.6) is 11.5 Å². The maximum absolute atomic E-state index is 13.0. The molecule has 7 heteroatoms. The van der Waals surface area contributed by atoms with Crippen molar-refractivity contribution in [3.05, 3.63) is 94.3 Å². The van der Waals surface area contributed by atoms with E-state index in [4.69, 9.17) is 21.1 Å². The van der Waals surface area contributed by atoms with Gasteiger partial charge in [0, 0.05) is 10.6 Å². The smallest absolute Gasteiger partial charge is 0.271 e. The number of carbonyl (C=O) groups is 1. The first-order valence-electron chi connectivity index (χ1n) is 9.28. The molecule has 0 saturated heterocycles. The second-order valence-electron chi connectivity index (χ2n) is 6.26. The monoisotopic (exact) mass is 426 g/mol. The first-order valence-corrected chi connectivity index (χ1v) is 9.66. The number of nitrogens with one attached hydrogen (secondary N) is 1. The van der Waals surface area contributed by atoms with E-state index in [1.807, 2.05) is 6.92 Å². The van der Waals surface area contributed by atoms with E-state index in [9.17, 15) is 9.18 Å². The quantitative estimate of drug-likeness (QED) is 0.397. The van der Waals surface area contributed by atoms with Gasteiger partial charge in [-0.3, -0.25) is 4.79 Å². The van der Waals surface area contributed by atoms with Gasteiger partial charge in [-0.15, -0.1) is 0 Å². The Kier molecular flexibility index (Phi) is 7.40. The number of halogens is 2. The first-order chi connectivity index (χ1) is 14.5. The minimum Gasteiger partial charge on any atom is -0.490 e. The summed E-state index contributed by atoms with van der Waals surface area (Å²) in [5.41, 5.74) is 4.49. The molecule has 0 aliphatic heterocycles. The number of benzene rings is 3. The van der Waals surface area contributed by atoms with Crippen molar-refractivity contribution < 1.29 is 18.7 Å². The van der Waals surface area contributed by atoms with Crippen LogP contribution in [-0.2, 0) is 6.61 Å². The number of rotatable bonds is 8. The van der Waals surface area contributed by atoms with Crippen LogP contribution in [0.15, 0.2) is 71.8 Å². The summed E-state index contributed by atoms with van der Waals surface area (Å²) >= 11 is 5.82. The number of hydrazone groups is 1. The zero-order valence-electron chi connectivity index (χ0n) is 16.3. The SMILES string of the molecule is CCOc1cc(/C=N\NC(=O)c2ccc(Cl)cc2)ccc1OCc1ccc(F)cc1. The van der Waals surface area contributed by atoms with Crippen molar-refractivity contribution in [1.29, 1.82) is 0 Å². The van der Waals surface area contributed by atoms with E-state index in [-0.39, 0.29) is 18.3 Å². The van der Waals surface area contributed by atoms with Gasteiger partial charge in [0.05, 0.1) is 12.8 Å². The third kappa shape index (κ3) is 6.06. The van der Waals surface area contributed by atoms with Crippen LogP contribution >= 0.6 is 11.6 Å². The highest BCUT2D eigenvalue weighted by molar-refractivity contribution is 6.30. The zero-order chi connectivity index (χ0) is 21.3. The van der Waals surface area contributed by atoms with Crippen LogP contribution in [0.4, 0.5) is 4.39 Å². The van der Waals surface area contributed by atoms with Crippen molar-refractivity contribution in [3.63, 3.8) is 0 Å². The van der Waals surface area contributed by atoms with E-state index >= 15 is 0 Å². The van der Waals surface area contributed by atoms with Gasteiger partial charge in [0.2, 0.25) is 0 Å². The summed E-state index contributed by atoms with van der Waals surface area (Å²) in [5.74, 6) is 0.476. The highest BCUT2D eigenvalue weighted by Crippen LogP contribution is 2.29. The number of carbonyl (C=O) groups excluding carboxylic acids is 1. The molecule has 0 unspecified atom stereocenters. The van der Waals surface area contributed by atoms with E-state index in [0.29, 0.717) is 28.7 Å². The molecule has 0 aliphatic rings. The van der Waals surface area contributed by atoms with E-state index in [0.717, 1.165) is 11.1 Å². The molecule has 1 amide bonds. The number of amides is 1. The summed E-state index contributed by atoms with van der Waals surface area (Å²) in [4.78, 5) is 12.1. The van der Waals surface area contributed by atoms with Gasteiger partial charge in [-0.25, -0.2) is 9.82 Å². The molecular weight excluding hydrogens is 407 g/mol. The van der Waals surface area contributed by atoms with Crippen LogP contribution in [0.1, 0.15) is 28.4 Å². The topological polar surface area (TPSA) is 59.9 Å². The fourth-order valence-corrected chi connectivity index (χ4v) is 2.69. The molecule has 5 nitrogen and oxygen atoms in total. The minimum atomic E-state index is -0.341. The van der Waals surface area contributed by atoms with Gasteiger partial charge in [0.15, 0.2) is 11.5 Å². The van der Waals surface area contributed by atoms with Crippen LogP contribution in [0.25, 0.3) is 0 Å². The number of hydrogen-bond donors (Lipinski definition) is 1. The predicted molar refractivity (Wildman–Crippen MR) is 115 cm³/mol. The molecule has 0 fully saturated rings. The normalized spacial score (nSPS) is 10.8. The summed E-state index contributed by atoms with van der Waals surface area (Å²) in [6.07, 6.45) is 1.51. The maximum Gasteiger partial charge on any atom is 0.271 e. The lowest BCUT2D eigenvalue weighted by molar-refractivity contribution is 0.0955. The first kappa shape index (κ1) is 21.3. The lowest BCUT2D eigenvalue weighted by Gasteiger charge is -2.12. The van der Waals surface area contributed by atoms with Gasteiger partial charge in [-0.1, -0.05) is 23.7 Å². The van der Waals surface area contributed by atoms with Gasteiger partial charge in [0.1, 0.15) is 12.4 Å². The van der Waals surface area contributed by atoms with Gasteiger partial charge in [0.25, 0.3) is 5.91 Å². The van der Waals surface area contributed by atoms with Crippen LogP contribution in [0.3, 0.4) is 0 Å². The molecule has 0 spiro atoms. The predicted octanol–water partition coefficient (Wildman–Crippen LogP) is 5.22. The van der Waals surface area contributed by atoms with E-state index in [1.165, 1.54) is 18.3 Å². The fraction of sp³-hybridized carbons (Fsp3) is 0.130. The van der Waals surface area contributed by atoms with Crippen LogP contribution in [-0.4, -0.2) is 18.7 Å². The summed E-state index contributed by atoms with van der Waals surface area (Å²) in [6, 6.07) is 17.9. The van der Waals surface area contributed by atoms with Gasteiger partial charge < -0.3 is 9.47 Å². The van der Waals surface area contributed by atoms with Crippen molar-refractivity contribution in [3.8, 4) is 11.5 Å². The zero-order valence-corrected chi connectivity index (χ0v) is 17.0. The van der Waals surface area contributed by atoms with Crippen molar-refractivity contribution in [2.75, 3.05) is 6.61 Å². The molecule has 3 aromatic carbocycles. The number of nitrogens with zero attached hydrogens (tertiary/aromatic N) is 1. The molecule has 0 aliphatic carbocycles. The second-order valence-corrected chi connectivity index (χ2v) is 6.70. The Morgan fingerprint density at radius 1 is 1.03 bits per heavy atom. The van der Waals surface area contributed by atoms with Crippen molar-refractivity contribution in [2.45, 2.75) is 13.5 Å². The number of ether oxygens (including phenoxy) is 2. The molecule has 3 aromatic rings. The average molecular weight is 427 g/mol. The largest absolute Gasteiger partial charge is 0.490 e. The molecule has 0 radical (unpaired) electrons. The van der Waals surface area contributed by atoms with Crippen LogP contribution < -0.4 is 14.9 Å². The van der Waals surface area contributed by atoms with E-state index < -0.39 is 0 Å². The third-order valence-electron chi connectivity index (χ3n) is 4.06. The Morgan fingerprint density at radius 3 is 2.47 bits per heavy atom. The summed E-state index contributed by atoms with van der Waals surface area (Å²) in [7, 11) is 0. The molecule has 30 heavy (non-hydrogen) atoms. The molecule has 3 rings (SSSR count). The van der Waals surface area contributed by atoms with Crippen LogP contribution in [0, 0.1) is 5.82 Å². The molecule has 154 valence electrons. The highest BCUT2D eigenvalue weighted by atomic mass is 35.5. The van der Waals surface area contributed by atoms with E-state index in [1.54, 1.807) is 54.6 Å². The van der Waals surface area contributed by atoms with E-state index in [2.05, 4.69) is 10.5 Å². The lowest BCUT2D eigenvalue weighted by atomic mass is 10.2. The van der Waals surface area contributed by atoms with Gasteiger partial charge >= 0.3 is 0 Å². The van der Waals surface area contributed by atoms with Gasteiger partial charge in [-0.2, -0.15) is 5.10 Å². The van der Waals surface area contributed by atoms with Crippen molar-refractivity contribution in [2.24, 2.45) is 5.10 Å². The summed E-state index contributed by atoms with van der Waals surface area (Å²) in [6.45, 7) is 2.61. The molecule has 1 N–H and O–H groups in total. The Labute approximate surface area is 179 Å². The molecule has 0 saturated carbocycles. The lowest BCUT2D eigenvalue weighted by Crippen LogP contribution is -2.17. The Morgan fingerprint density at radius 2 is 1.77 bits per heavy atom. The van der Waals surface area contributed by atoms with Crippen LogP contribution in [0.2, 0.25) is 5.02 Å². The van der Waals surface area contributed by atoms with Crippen molar-refractivity contribution >= 4 is 23.7 Å². The van der Waals surface area contributed by atoms with Crippen molar-refractivity contribution in [1.82, 2.24) is 5.43 Å². The molecule has 0 atom stereocenters. The maximum atomic E-state index is 13.0. The molecular formula is C23H20ClFN2O3. The number of hydrogen-bond acceptors (Lipinski definition) is 4. The molecule has 0 bridgehead atoms.